The Bertz CT molecular complexity index is 3750. The smallest absolute Gasteiger partial charge is 0.135 e. The summed E-state index contributed by atoms with van der Waals surface area (Å²) in [6, 6.07) is 61.5. The summed E-state index contributed by atoms with van der Waals surface area (Å²) < 4.78 is 9.63. The van der Waals surface area contributed by atoms with Gasteiger partial charge in [-0.05, 0) is 119 Å². The summed E-state index contributed by atoms with van der Waals surface area (Å²) in [7, 11) is 0. The molecule has 0 fully saturated rings. The summed E-state index contributed by atoms with van der Waals surface area (Å²) in [5, 5.41) is 2.28. The van der Waals surface area contributed by atoms with Crippen molar-refractivity contribution in [3.63, 3.8) is 0 Å². The van der Waals surface area contributed by atoms with Crippen LogP contribution in [0.5, 0.6) is 11.5 Å². The van der Waals surface area contributed by atoms with Gasteiger partial charge in [0.15, 0.2) is 0 Å². The number of benzene rings is 7. The molecule has 1 aliphatic rings. The predicted molar refractivity (Wildman–Crippen MR) is 335 cm³/mol. The number of anilines is 4. The van der Waals surface area contributed by atoms with Crippen molar-refractivity contribution in [3.8, 4) is 17.3 Å². The second-order valence-electron chi connectivity index (χ2n) is 28.5. The zero-order chi connectivity index (χ0) is 57.0. The first-order valence-electron chi connectivity index (χ1n) is 28.4. The molecule has 80 heavy (non-hydrogen) atoms. The van der Waals surface area contributed by atoms with Crippen LogP contribution in [0.3, 0.4) is 0 Å². The molecule has 0 bridgehead atoms. The van der Waals surface area contributed by atoms with Crippen molar-refractivity contribution in [1.29, 1.82) is 0 Å². The minimum Gasteiger partial charge on any atom is -0.509 e. The molecule has 418 valence electrons. The molecule has 9 aromatic rings. The second kappa shape index (κ2) is 20.5. The van der Waals surface area contributed by atoms with Crippen molar-refractivity contribution in [2.45, 2.75) is 169 Å². The van der Waals surface area contributed by atoms with Crippen LogP contribution < -0.4 is 14.5 Å². The number of hydrogen-bond donors (Lipinski definition) is 0. The maximum Gasteiger partial charge on any atom is 0.135 e. The normalized spacial score (nSPS) is 13.7. The van der Waals surface area contributed by atoms with Crippen LogP contribution in [0, 0.1) is 18.8 Å². The fraction of sp³-hybridized carbons (Fsp3) is 0.351. The zero-order valence-corrected chi connectivity index (χ0v) is 53.3. The van der Waals surface area contributed by atoms with E-state index in [0.29, 0.717) is 11.5 Å². The van der Waals surface area contributed by atoms with Crippen molar-refractivity contribution in [2.24, 2.45) is 0 Å². The van der Waals surface area contributed by atoms with E-state index in [4.69, 9.17) is 9.72 Å². The summed E-state index contributed by atoms with van der Waals surface area (Å²) in [6.45, 7) is 46.3. The summed E-state index contributed by atoms with van der Waals surface area (Å²) in [5.41, 5.74) is 16.1. The Kier molecular flexibility index (Phi) is 14.9. The van der Waals surface area contributed by atoms with Crippen molar-refractivity contribution < 1.29 is 25.8 Å². The summed E-state index contributed by atoms with van der Waals surface area (Å²) >= 11 is 0. The molecule has 0 radical (unpaired) electrons. The van der Waals surface area contributed by atoms with Crippen molar-refractivity contribution >= 4 is 44.6 Å². The van der Waals surface area contributed by atoms with E-state index in [9.17, 15) is 0 Å². The SMILES string of the molecule is CC(C)(C)c1cc(Oc2[c-]c3c(c(C(C)(C)c4ccccc4)c2)c2ccccc2n3-c2cc(C(C)(C)C)ccn2)[c-]c(N2[CH-]N(c3cc(C(C)(C)C)cc(C(C)(C)c4ccccc4)c3)c3cc(C(C)(C)C)c(C(C)(C)C)cc32)c1.[Pt]. The molecule has 0 N–H and O–H groups in total. The number of fused-ring (bicyclic) bond motifs is 4. The molecule has 0 amide bonds. The quantitative estimate of drug-likeness (QED) is 0.135. The van der Waals surface area contributed by atoms with Crippen LogP contribution in [-0.4, -0.2) is 9.55 Å². The molecule has 0 spiro atoms. The third-order valence-corrected chi connectivity index (χ3v) is 16.6. The Balaban J connectivity index is 0.00000774. The standard InChI is InChI=1S/C74H83N4O.Pt/c1-68(2,3)50-34-35-75-66(41-50)78-62-33-27-26-32-58(62)67-61(74(18,19)49-30-24-21-25-31-49)43-57(44-65(67)78)79-56-40-52(70(7,8)9)38-55(42-56)77-47-76(63-45-59(71(10,11)12)60(46-64(63)77)72(13,14)15)54-37-51(69(4,5)6)36-53(39-54)73(16,17)48-28-22-20-23-29-48;/h20-41,43,45-47H,1-19H3;/q-3;. The monoisotopic (exact) mass is 1240 g/mol. The molecular weight excluding hydrogens is 1160 g/mol. The van der Waals surface area contributed by atoms with Crippen molar-refractivity contribution in [2.75, 3.05) is 9.80 Å². The number of hydrogen-bond acceptors (Lipinski definition) is 4. The minimum absolute atomic E-state index is 0. The Morgan fingerprint density at radius 3 is 1.51 bits per heavy atom. The van der Waals surface area contributed by atoms with Gasteiger partial charge in [0.05, 0.1) is 0 Å². The van der Waals surface area contributed by atoms with Crippen LogP contribution in [0.2, 0.25) is 0 Å². The molecule has 1 aliphatic heterocycles. The van der Waals surface area contributed by atoms with Gasteiger partial charge in [0.1, 0.15) is 5.82 Å². The van der Waals surface area contributed by atoms with Crippen molar-refractivity contribution in [3.05, 3.63) is 221 Å². The first-order chi connectivity index (χ1) is 36.8. The summed E-state index contributed by atoms with van der Waals surface area (Å²) in [5.74, 6) is 2.08. The number of para-hydroxylation sites is 1. The average Bonchev–Trinajstić information content (AvgIpc) is 4.04. The van der Waals surface area contributed by atoms with Gasteiger partial charge in [-0.25, -0.2) is 4.98 Å². The van der Waals surface area contributed by atoms with Crippen LogP contribution in [0.1, 0.15) is 182 Å². The van der Waals surface area contributed by atoms with Gasteiger partial charge < -0.3 is 19.1 Å². The Morgan fingerprint density at radius 1 is 0.425 bits per heavy atom. The molecule has 3 heterocycles. The van der Waals surface area contributed by atoms with Crippen LogP contribution in [0.25, 0.3) is 27.6 Å². The molecule has 0 saturated carbocycles. The molecule has 0 saturated heterocycles. The molecule has 0 aliphatic carbocycles. The molecular formula is C74H83N4OPt-3. The number of aromatic nitrogens is 2. The average molecular weight is 1240 g/mol. The zero-order valence-electron chi connectivity index (χ0n) is 51.0. The van der Waals surface area contributed by atoms with Gasteiger partial charge in [-0.15, -0.1) is 53.8 Å². The van der Waals surface area contributed by atoms with E-state index in [1.54, 1.807) is 0 Å². The van der Waals surface area contributed by atoms with Gasteiger partial charge >= 0.3 is 0 Å². The molecule has 0 atom stereocenters. The Morgan fingerprint density at radius 2 is 0.938 bits per heavy atom. The van der Waals surface area contributed by atoms with Gasteiger partial charge in [0.2, 0.25) is 0 Å². The van der Waals surface area contributed by atoms with Crippen LogP contribution >= 0.6 is 0 Å². The number of rotatable bonds is 9. The fourth-order valence-corrected chi connectivity index (χ4v) is 11.5. The van der Waals surface area contributed by atoms with E-state index in [0.717, 1.165) is 61.5 Å². The van der Waals surface area contributed by atoms with Crippen LogP contribution in [-0.2, 0) is 59.0 Å². The van der Waals surface area contributed by atoms with E-state index in [2.05, 4.69) is 310 Å². The van der Waals surface area contributed by atoms with Crippen molar-refractivity contribution in [1.82, 2.24) is 9.55 Å². The van der Waals surface area contributed by atoms with Gasteiger partial charge in [-0.3, -0.25) is 0 Å². The van der Waals surface area contributed by atoms with E-state index >= 15 is 0 Å². The number of pyridine rings is 1. The van der Waals surface area contributed by atoms with E-state index in [-0.39, 0.29) is 53.6 Å². The molecule has 2 aromatic heterocycles. The molecule has 5 nitrogen and oxygen atoms in total. The largest absolute Gasteiger partial charge is 0.509 e. The molecule has 0 unspecified atom stereocenters. The van der Waals surface area contributed by atoms with Gasteiger partial charge in [0, 0.05) is 66.8 Å². The third-order valence-electron chi connectivity index (χ3n) is 16.6. The first-order valence-corrected chi connectivity index (χ1v) is 28.4. The maximum absolute atomic E-state index is 7.35. The maximum atomic E-state index is 7.35. The van der Waals surface area contributed by atoms with Gasteiger partial charge in [0.25, 0.3) is 0 Å². The van der Waals surface area contributed by atoms with Crippen LogP contribution in [0.15, 0.2) is 152 Å². The fourth-order valence-electron chi connectivity index (χ4n) is 11.5. The molecule has 6 heteroatoms. The van der Waals surface area contributed by atoms with E-state index < -0.39 is 5.41 Å². The van der Waals surface area contributed by atoms with Crippen LogP contribution in [0.4, 0.5) is 22.7 Å². The van der Waals surface area contributed by atoms with Gasteiger partial charge in [-0.2, -0.15) is 0 Å². The Labute approximate surface area is 494 Å². The molecule has 7 aromatic carbocycles. The minimum atomic E-state index is -0.431. The third kappa shape index (κ3) is 10.9. The molecule has 10 rings (SSSR count). The van der Waals surface area contributed by atoms with E-state index in [1.807, 2.05) is 6.20 Å². The van der Waals surface area contributed by atoms with E-state index in [1.165, 1.54) is 38.9 Å². The summed E-state index contributed by atoms with van der Waals surface area (Å²) in [6.07, 6.45) is 1.94. The first kappa shape index (κ1) is 58.2. The number of nitrogens with zero attached hydrogens (tertiary/aromatic N) is 4. The number of ether oxygens (including phenoxy) is 1. The summed E-state index contributed by atoms with van der Waals surface area (Å²) in [4.78, 5) is 9.85. The predicted octanol–water partition coefficient (Wildman–Crippen LogP) is 20.1. The van der Waals surface area contributed by atoms with Gasteiger partial charge in [-0.1, -0.05) is 227 Å². The second-order valence-corrected chi connectivity index (χ2v) is 28.5. The Hall–Kier alpha value is -6.42. The topological polar surface area (TPSA) is 33.5 Å².